The third kappa shape index (κ3) is 6.01. The molecular weight excluding hydrogens is 270 g/mol. The summed E-state index contributed by atoms with van der Waals surface area (Å²) < 4.78 is 4.86. The number of methoxy groups -OCH3 is 1. The molecule has 6 nitrogen and oxygen atoms in total. The fourth-order valence-corrected chi connectivity index (χ4v) is 2.83. The molecule has 2 amide bonds. The van der Waals surface area contributed by atoms with Crippen LogP contribution in [0.3, 0.4) is 0 Å². The first-order valence-corrected chi connectivity index (χ1v) is 7.89. The van der Waals surface area contributed by atoms with Gasteiger partial charge in [0.1, 0.15) is 0 Å². The molecule has 0 spiro atoms. The van der Waals surface area contributed by atoms with Crippen molar-refractivity contribution in [3.05, 3.63) is 0 Å². The van der Waals surface area contributed by atoms with Crippen LogP contribution in [0.25, 0.3) is 0 Å². The fraction of sp³-hybridized carbons (Fsp3) is 0.867. The van der Waals surface area contributed by atoms with E-state index in [0.29, 0.717) is 26.1 Å². The first-order chi connectivity index (χ1) is 10.1. The molecule has 1 aliphatic rings. The van der Waals surface area contributed by atoms with E-state index in [1.54, 1.807) is 7.11 Å². The smallest absolute Gasteiger partial charge is 0.226 e. The lowest BCUT2D eigenvalue weighted by Gasteiger charge is -2.36. The van der Waals surface area contributed by atoms with Crippen LogP contribution in [0, 0.1) is 5.41 Å². The summed E-state index contributed by atoms with van der Waals surface area (Å²) in [4.78, 5) is 24.0. The monoisotopic (exact) mass is 299 g/mol. The Morgan fingerprint density at radius 3 is 2.52 bits per heavy atom. The zero-order valence-corrected chi connectivity index (χ0v) is 13.3. The minimum absolute atomic E-state index is 0.0535. The maximum absolute atomic E-state index is 12.5. The molecule has 6 heteroatoms. The highest BCUT2D eigenvalue weighted by molar-refractivity contribution is 5.83. The Hall–Kier alpha value is -1.14. The van der Waals surface area contributed by atoms with Crippen molar-refractivity contribution in [2.75, 3.05) is 39.9 Å². The summed E-state index contributed by atoms with van der Waals surface area (Å²) in [5.74, 6) is 0.0535. The van der Waals surface area contributed by atoms with Gasteiger partial charge in [-0.2, -0.15) is 0 Å². The number of piperidine rings is 1. The van der Waals surface area contributed by atoms with Crippen LogP contribution in [-0.4, -0.2) is 51.7 Å². The van der Waals surface area contributed by atoms with E-state index in [1.165, 1.54) is 0 Å². The summed E-state index contributed by atoms with van der Waals surface area (Å²) in [6, 6.07) is 0. The molecule has 0 aliphatic carbocycles. The van der Waals surface area contributed by atoms with Crippen LogP contribution in [0.1, 0.15) is 39.0 Å². The number of rotatable bonds is 9. The maximum Gasteiger partial charge on any atom is 0.226 e. The first-order valence-electron chi connectivity index (χ1n) is 7.89. The van der Waals surface area contributed by atoms with Crippen molar-refractivity contribution in [1.29, 1.82) is 0 Å². The first kappa shape index (κ1) is 17.9. The number of nitrogens with one attached hydrogen (secondary N) is 3. The van der Waals surface area contributed by atoms with Crippen molar-refractivity contribution in [3.63, 3.8) is 0 Å². The van der Waals surface area contributed by atoms with Gasteiger partial charge in [0.2, 0.25) is 11.8 Å². The Balaban J connectivity index is 2.32. The number of ether oxygens (including phenoxy) is 1. The van der Waals surface area contributed by atoms with Gasteiger partial charge in [-0.05, 0) is 32.4 Å². The lowest BCUT2D eigenvalue weighted by molar-refractivity contribution is -0.133. The van der Waals surface area contributed by atoms with Gasteiger partial charge >= 0.3 is 0 Å². The maximum atomic E-state index is 12.5. The Morgan fingerprint density at radius 2 is 1.90 bits per heavy atom. The molecule has 0 unspecified atom stereocenters. The van der Waals surface area contributed by atoms with Crippen LogP contribution in [0.4, 0.5) is 0 Å². The van der Waals surface area contributed by atoms with E-state index in [9.17, 15) is 9.59 Å². The van der Waals surface area contributed by atoms with Crippen molar-refractivity contribution < 1.29 is 14.3 Å². The van der Waals surface area contributed by atoms with Gasteiger partial charge in [0.25, 0.3) is 0 Å². The molecule has 1 heterocycles. The molecule has 0 saturated carbocycles. The van der Waals surface area contributed by atoms with Gasteiger partial charge in [0.15, 0.2) is 0 Å². The number of amides is 2. The summed E-state index contributed by atoms with van der Waals surface area (Å²) in [7, 11) is 1.60. The van der Waals surface area contributed by atoms with E-state index in [0.717, 1.165) is 38.8 Å². The molecule has 1 saturated heterocycles. The Morgan fingerprint density at radius 1 is 1.19 bits per heavy atom. The van der Waals surface area contributed by atoms with Crippen molar-refractivity contribution in [3.8, 4) is 0 Å². The largest absolute Gasteiger partial charge is 0.383 e. The van der Waals surface area contributed by atoms with Crippen molar-refractivity contribution in [2.24, 2.45) is 5.41 Å². The van der Waals surface area contributed by atoms with Crippen LogP contribution < -0.4 is 16.0 Å². The summed E-state index contributed by atoms with van der Waals surface area (Å²) in [6.07, 6.45) is 4.00. The van der Waals surface area contributed by atoms with Crippen molar-refractivity contribution in [1.82, 2.24) is 16.0 Å². The predicted octanol–water partition coefficient (Wildman–Crippen LogP) is 0.425. The van der Waals surface area contributed by atoms with Crippen molar-refractivity contribution in [2.45, 2.75) is 39.0 Å². The summed E-state index contributed by atoms with van der Waals surface area (Å²) in [5.41, 5.74) is -0.244. The summed E-state index contributed by atoms with van der Waals surface area (Å²) in [6.45, 7) is 5.31. The van der Waals surface area contributed by atoms with E-state index < -0.39 is 0 Å². The minimum atomic E-state index is -0.244. The van der Waals surface area contributed by atoms with Gasteiger partial charge in [-0.25, -0.2) is 0 Å². The number of carbonyl (C=O) groups excluding carboxylic acids is 2. The standard InChI is InChI=1S/C15H29N3O3/c1-3-5-15(6-9-16-10-7-15)14(20)18-8-4-13(19)17-11-12-21-2/h16H,3-12H2,1-2H3,(H,17,19)(H,18,20). The number of hydrogen-bond donors (Lipinski definition) is 3. The SMILES string of the molecule is CCCC1(C(=O)NCCC(=O)NCCOC)CCNCC1. The topological polar surface area (TPSA) is 79.5 Å². The quantitative estimate of drug-likeness (QED) is 0.539. The predicted molar refractivity (Wildman–Crippen MR) is 82.0 cm³/mol. The average Bonchev–Trinajstić information content (AvgIpc) is 2.48. The minimum Gasteiger partial charge on any atom is -0.383 e. The second-order valence-corrected chi connectivity index (χ2v) is 5.63. The lowest BCUT2D eigenvalue weighted by atomic mass is 9.74. The number of hydrogen-bond acceptors (Lipinski definition) is 4. The van der Waals surface area contributed by atoms with Gasteiger partial charge in [0, 0.05) is 26.6 Å². The molecule has 0 aromatic rings. The van der Waals surface area contributed by atoms with Gasteiger partial charge in [0.05, 0.1) is 12.0 Å². The molecule has 0 aromatic heterocycles. The van der Waals surface area contributed by atoms with E-state index in [1.807, 2.05) is 0 Å². The van der Waals surface area contributed by atoms with E-state index >= 15 is 0 Å². The van der Waals surface area contributed by atoms with Gasteiger partial charge in [-0.3, -0.25) is 9.59 Å². The Labute approximate surface area is 127 Å². The molecular formula is C15H29N3O3. The molecule has 0 atom stereocenters. The van der Waals surface area contributed by atoms with E-state index in [-0.39, 0.29) is 17.2 Å². The van der Waals surface area contributed by atoms with Crippen molar-refractivity contribution >= 4 is 11.8 Å². The van der Waals surface area contributed by atoms with Crippen LogP contribution >= 0.6 is 0 Å². The number of carbonyl (C=O) groups is 2. The summed E-state index contributed by atoms with van der Waals surface area (Å²) in [5, 5.41) is 8.99. The highest BCUT2D eigenvalue weighted by Crippen LogP contribution is 2.34. The Bertz CT molecular complexity index is 323. The van der Waals surface area contributed by atoms with Crippen LogP contribution in [0.2, 0.25) is 0 Å². The molecule has 3 N–H and O–H groups in total. The van der Waals surface area contributed by atoms with Crippen LogP contribution in [0.5, 0.6) is 0 Å². The third-order valence-corrected chi connectivity index (χ3v) is 4.04. The lowest BCUT2D eigenvalue weighted by Crippen LogP contribution is -2.48. The van der Waals surface area contributed by atoms with Crippen LogP contribution in [-0.2, 0) is 14.3 Å². The normalized spacial score (nSPS) is 17.2. The average molecular weight is 299 g/mol. The Kier molecular flexibility index (Phi) is 8.30. The summed E-state index contributed by atoms with van der Waals surface area (Å²) >= 11 is 0. The molecule has 0 aromatic carbocycles. The zero-order chi connectivity index (χ0) is 15.6. The third-order valence-electron chi connectivity index (χ3n) is 4.04. The molecule has 1 aliphatic heterocycles. The highest BCUT2D eigenvalue weighted by Gasteiger charge is 2.38. The zero-order valence-electron chi connectivity index (χ0n) is 13.3. The molecule has 1 rings (SSSR count). The molecule has 21 heavy (non-hydrogen) atoms. The van der Waals surface area contributed by atoms with Gasteiger partial charge < -0.3 is 20.7 Å². The van der Waals surface area contributed by atoms with Gasteiger partial charge in [-0.1, -0.05) is 13.3 Å². The second-order valence-electron chi connectivity index (χ2n) is 5.63. The second kappa shape index (κ2) is 9.73. The van der Waals surface area contributed by atoms with Crippen LogP contribution in [0.15, 0.2) is 0 Å². The molecule has 0 bridgehead atoms. The van der Waals surface area contributed by atoms with Gasteiger partial charge in [-0.15, -0.1) is 0 Å². The fourth-order valence-electron chi connectivity index (χ4n) is 2.83. The van der Waals surface area contributed by atoms with E-state index in [2.05, 4.69) is 22.9 Å². The highest BCUT2D eigenvalue weighted by atomic mass is 16.5. The molecule has 122 valence electrons. The molecule has 0 radical (unpaired) electrons. The molecule has 1 fully saturated rings. The van der Waals surface area contributed by atoms with E-state index in [4.69, 9.17) is 4.74 Å².